The van der Waals surface area contributed by atoms with E-state index in [4.69, 9.17) is 0 Å². The fourth-order valence-corrected chi connectivity index (χ4v) is 3.55. The third-order valence-electron chi connectivity index (χ3n) is 4.03. The number of carbonyl (C=O) groups is 1. The Bertz CT molecular complexity index is 946. The number of carbonyl (C=O) groups excluding carboxylic acids is 1. The van der Waals surface area contributed by atoms with Gasteiger partial charge in [0.2, 0.25) is 5.91 Å². The van der Waals surface area contributed by atoms with E-state index in [1.807, 2.05) is 24.3 Å². The highest BCUT2D eigenvalue weighted by molar-refractivity contribution is 7.99. The van der Waals surface area contributed by atoms with Crippen LogP contribution in [-0.2, 0) is 10.2 Å². The molecule has 3 rings (SSSR count). The predicted octanol–water partition coefficient (Wildman–Crippen LogP) is 5.04. The van der Waals surface area contributed by atoms with E-state index in [1.165, 1.54) is 23.9 Å². The van der Waals surface area contributed by atoms with Crippen molar-refractivity contribution >= 4 is 23.4 Å². The van der Waals surface area contributed by atoms with Crippen molar-refractivity contribution in [3.8, 4) is 5.69 Å². The van der Waals surface area contributed by atoms with Gasteiger partial charge in [-0.15, -0.1) is 0 Å². The van der Waals surface area contributed by atoms with E-state index in [9.17, 15) is 9.18 Å². The highest BCUT2D eigenvalue weighted by Crippen LogP contribution is 2.29. The molecule has 6 heteroatoms. The minimum atomic E-state index is -0.311. The molecule has 140 valence electrons. The Morgan fingerprint density at radius 2 is 1.96 bits per heavy atom. The number of thioether (sulfide) groups is 1. The van der Waals surface area contributed by atoms with Crippen LogP contribution in [0.5, 0.6) is 0 Å². The smallest absolute Gasteiger partial charge is 0.234 e. The van der Waals surface area contributed by atoms with Crippen molar-refractivity contribution in [2.45, 2.75) is 31.3 Å². The van der Waals surface area contributed by atoms with Crippen LogP contribution in [0.3, 0.4) is 0 Å². The number of nitrogens with zero attached hydrogens (tertiary/aromatic N) is 2. The van der Waals surface area contributed by atoms with Gasteiger partial charge < -0.3 is 5.32 Å². The molecule has 0 aliphatic carbocycles. The number of amides is 1. The standard InChI is InChI=1S/C21H22FN3OS/c1-21(2,3)17-9-4-5-10-18(17)24-19(26)14-27-20-23-11-12-25(20)16-8-6-7-15(22)13-16/h4-13H,14H2,1-3H3,(H,24,26). The molecule has 0 aliphatic heterocycles. The first-order valence-corrected chi connectivity index (χ1v) is 9.64. The van der Waals surface area contributed by atoms with Crippen LogP contribution in [0.1, 0.15) is 26.3 Å². The number of benzene rings is 2. The molecule has 0 spiro atoms. The minimum absolute atomic E-state index is 0.0648. The zero-order valence-corrected chi connectivity index (χ0v) is 16.4. The van der Waals surface area contributed by atoms with E-state index in [2.05, 4.69) is 31.1 Å². The molecule has 3 aromatic rings. The topological polar surface area (TPSA) is 46.9 Å². The monoisotopic (exact) mass is 383 g/mol. The van der Waals surface area contributed by atoms with Gasteiger partial charge in [-0.2, -0.15) is 0 Å². The average molecular weight is 383 g/mol. The Labute approximate surface area is 162 Å². The van der Waals surface area contributed by atoms with E-state index in [0.29, 0.717) is 10.8 Å². The number of imidazole rings is 1. The summed E-state index contributed by atoms with van der Waals surface area (Å²) in [6.45, 7) is 6.34. The zero-order valence-electron chi connectivity index (χ0n) is 15.6. The lowest BCUT2D eigenvalue weighted by Gasteiger charge is -2.23. The van der Waals surface area contributed by atoms with Gasteiger partial charge in [0.1, 0.15) is 5.82 Å². The van der Waals surface area contributed by atoms with Crippen molar-refractivity contribution in [2.24, 2.45) is 0 Å². The van der Waals surface area contributed by atoms with Crippen molar-refractivity contribution in [3.63, 3.8) is 0 Å². The first-order chi connectivity index (χ1) is 12.8. The molecule has 0 fully saturated rings. The van der Waals surface area contributed by atoms with Crippen LogP contribution >= 0.6 is 11.8 Å². The number of nitrogens with one attached hydrogen (secondary N) is 1. The summed E-state index contributed by atoms with van der Waals surface area (Å²) in [5.41, 5.74) is 2.52. The summed E-state index contributed by atoms with van der Waals surface area (Å²) in [4.78, 5) is 16.7. The van der Waals surface area contributed by atoms with Crippen LogP contribution in [0.4, 0.5) is 10.1 Å². The summed E-state index contributed by atoms with van der Waals surface area (Å²) in [5, 5.41) is 3.63. The molecule has 1 aromatic heterocycles. The van der Waals surface area contributed by atoms with Gasteiger partial charge in [0, 0.05) is 18.1 Å². The lowest BCUT2D eigenvalue weighted by Crippen LogP contribution is -2.20. The molecule has 2 aromatic carbocycles. The van der Waals surface area contributed by atoms with Gasteiger partial charge in [-0.05, 0) is 35.2 Å². The average Bonchev–Trinajstić information content (AvgIpc) is 3.08. The molecule has 1 amide bonds. The highest BCUT2D eigenvalue weighted by Gasteiger charge is 2.19. The van der Waals surface area contributed by atoms with Crippen LogP contribution < -0.4 is 5.32 Å². The van der Waals surface area contributed by atoms with Crippen molar-refractivity contribution in [1.29, 1.82) is 0 Å². The first kappa shape index (κ1) is 19.2. The maximum absolute atomic E-state index is 13.5. The molecule has 0 unspecified atom stereocenters. The normalized spacial score (nSPS) is 11.4. The summed E-state index contributed by atoms with van der Waals surface area (Å²) in [5.74, 6) is -0.204. The summed E-state index contributed by atoms with van der Waals surface area (Å²) < 4.78 is 15.2. The second kappa shape index (κ2) is 7.96. The summed E-state index contributed by atoms with van der Waals surface area (Å²) >= 11 is 1.31. The SMILES string of the molecule is CC(C)(C)c1ccccc1NC(=O)CSc1nccn1-c1cccc(F)c1. The predicted molar refractivity (Wildman–Crippen MR) is 108 cm³/mol. The third-order valence-corrected chi connectivity index (χ3v) is 5.00. The largest absolute Gasteiger partial charge is 0.325 e. The van der Waals surface area contributed by atoms with E-state index < -0.39 is 0 Å². The Kier molecular flexibility index (Phi) is 5.65. The Hall–Kier alpha value is -2.60. The van der Waals surface area contributed by atoms with Crippen LogP contribution in [0.2, 0.25) is 0 Å². The van der Waals surface area contributed by atoms with E-state index >= 15 is 0 Å². The van der Waals surface area contributed by atoms with Crippen molar-refractivity contribution in [1.82, 2.24) is 9.55 Å². The highest BCUT2D eigenvalue weighted by atomic mass is 32.2. The number of para-hydroxylation sites is 1. The molecular formula is C21H22FN3OS. The second-order valence-electron chi connectivity index (χ2n) is 7.19. The molecule has 1 heterocycles. The van der Waals surface area contributed by atoms with Crippen LogP contribution in [0, 0.1) is 5.82 Å². The summed E-state index contributed by atoms with van der Waals surface area (Å²) in [6.07, 6.45) is 3.39. The van der Waals surface area contributed by atoms with Gasteiger partial charge in [-0.1, -0.05) is 56.8 Å². The maximum Gasteiger partial charge on any atom is 0.234 e. The molecule has 0 bridgehead atoms. The fraction of sp³-hybridized carbons (Fsp3) is 0.238. The summed E-state index contributed by atoms with van der Waals surface area (Å²) in [7, 11) is 0. The van der Waals surface area contributed by atoms with Gasteiger partial charge >= 0.3 is 0 Å². The maximum atomic E-state index is 13.5. The lowest BCUT2D eigenvalue weighted by atomic mass is 9.86. The first-order valence-electron chi connectivity index (χ1n) is 8.66. The molecule has 0 saturated heterocycles. The second-order valence-corrected chi connectivity index (χ2v) is 8.13. The van der Waals surface area contributed by atoms with Crippen molar-refractivity contribution in [3.05, 3.63) is 72.3 Å². The number of aromatic nitrogens is 2. The quantitative estimate of drug-likeness (QED) is 0.628. The number of anilines is 1. The molecular weight excluding hydrogens is 361 g/mol. The van der Waals surface area contributed by atoms with Gasteiger partial charge in [0.05, 0.1) is 11.4 Å². The van der Waals surface area contributed by atoms with Crippen LogP contribution in [-0.4, -0.2) is 21.2 Å². The molecule has 4 nitrogen and oxygen atoms in total. The third kappa shape index (κ3) is 4.77. The number of hydrogen-bond acceptors (Lipinski definition) is 3. The van der Waals surface area contributed by atoms with E-state index in [-0.39, 0.29) is 22.9 Å². The van der Waals surface area contributed by atoms with Crippen molar-refractivity contribution in [2.75, 3.05) is 11.1 Å². The molecule has 0 atom stereocenters. The van der Waals surface area contributed by atoms with E-state index in [1.54, 1.807) is 29.1 Å². The Morgan fingerprint density at radius 3 is 2.70 bits per heavy atom. The molecule has 0 saturated carbocycles. The molecule has 1 N–H and O–H groups in total. The van der Waals surface area contributed by atoms with Crippen molar-refractivity contribution < 1.29 is 9.18 Å². The zero-order chi connectivity index (χ0) is 19.4. The number of hydrogen-bond donors (Lipinski definition) is 1. The molecule has 0 radical (unpaired) electrons. The number of halogens is 1. The van der Waals surface area contributed by atoms with Gasteiger partial charge in [0.15, 0.2) is 5.16 Å². The van der Waals surface area contributed by atoms with Gasteiger partial charge in [-0.25, -0.2) is 9.37 Å². The lowest BCUT2D eigenvalue weighted by molar-refractivity contribution is -0.113. The Balaban J connectivity index is 1.69. The minimum Gasteiger partial charge on any atom is -0.325 e. The van der Waals surface area contributed by atoms with Gasteiger partial charge in [-0.3, -0.25) is 9.36 Å². The molecule has 27 heavy (non-hydrogen) atoms. The fourth-order valence-electron chi connectivity index (χ4n) is 2.78. The molecule has 0 aliphatic rings. The van der Waals surface area contributed by atoms with E-state index in [0.717, 1.165) is 11.3 Å². The Morgan fingerprint density at radius 1 is 1.19 bits per heavy atom. The summed E-state index contributed by atoms with van der Waals surface area (Å²) in [6, 6.07) is 14.1. The number of rotatable bonds is 5. The van der Waals surface area contributed by atoms with Crippen LogP contribution in [0.25, 0.3) is 5.69 Å². The van der Waals surface area contributed by atoms with Crippen LogP contribution in [0.15, 0.2) is 66.1 Å². The van der Waals surface area contributed by atoms with Gasteiger partial charge in [0.25, 0.3) is 0 Å².